The molecule has 3 heteroatoms. The molecular formula is C16H23FN2. The van der Waals surface area contributed by atoms with Crippen LogP contribution in [0.4, 0.5) is 10.1 Å². The molecule has 2 saturated heterocycles. The fourth-order valence-corrected chi connectivity index (χ4v) is 3.45. The highest BCUT2D eigenvalue weighted by Gasteiger charge is 2.28. The van der Waals surface area contributed by atoms with Gasteiger partial charge in [0.25, 0.3) is 0 Å². The molecule has 0 saturated carbocycles. The third kappa shape index (κ3) is 2.76. The quantitative estimate of drug-likeness (QED) is 0.807. The van der Waals surface area contributed by atoms with Crippen molar-refractivity contribution in [1.29, 1.82) is 0 Å². The van der Waals surface area contributed by atoms with E-state index in [1.54, 1.807) is 6.07 Å². The van der Waals surface area contributed by atoms with E-state index in [2.05, 4.69) is 9.80 Å². The molecule has 2 heterocycles. The molecule has 0 amide bonds. The first-order chi connectivity index (χ1) is 9.24. The minimum absolute atomic E-state index is 0.0675. The Balaban J connectivity index is 1.73. The number of likely N-dealkylation sites (tertiary alicyclic amines) is 1. The Hall–Kier alpha value is -1.09. The average Bonchev–Trinajstić information content (AvgIpc) is 2.93. The van der Waals surface area contributed by atoms with Gasteiger partial charge in [-0.2, -0.15) is 0 Å². The number of halogens is 1. The topological polar surface area (TPSA) is 6.48 Å². The monoisotopic (exact) mass is 262 g/mol. The van der Waals surface area contributed by atoms with E-state index in [9.17, 15) is 4.39 Å². The number of piperidine rings is 1. The summed E-state index contributed by atoms with van der Waals surface area (Å²) in [6, 6.07) is 6.22. The molecule has 1 aromatic rings. The highest BCUT2D eigenvalue weighted by atomic mass is 19.1. The molecule has 0 spiro atoms. The maximum absolute atomic E-state index is 14.1. The number of hydrogen-bond acceptors (Lipinski definition) is 2. The molecule has 2 nitrogen and oxygen atoms in total. The predicted octanol–water partition coefficient (Wildman–Crippen LogP) is 3.20. The van der Waals surface area contributed by atoms with Gasteiger partial charge in [0.05, 0.1) is 5.69 Å². The van der Waals surface area contributed by atoms with Gasteiger partial charge in [0.15, 0.2) is 0 Å². The largest absolute Gasteiger partial charge is 0.368 e. The third-order valence-electron chi connectivity index (χ3n) is 4.50. The van der Waals surface area contributed by atoms with Crippen molar-refractivity contribution in [2.75, 3.05) is 31.1 Å². The molecule has 1 atom stereocenters. The lowest BCUT2D eigenvalue weighted by Gasteiger charge is -2.39. The summed E-state index contributed by atoms with van der Waals surface area (Å²) in [6.45, 7) is 6.38. The van der Waals surface area contributed by atoms with Gasteiger partial charge in [0.2, 0.25) is 0 Å². The van der Waals surface area contributed by atoms with Crippen LogP contribution in [0.3, 0.4) is 0 Å². The van der Waals surface area contributed by atoms with Crippen molar-refractivity contribution in [2.45, 2.75) is 38.6 Å². The lowest BCUT2D eigenvalue weighted by Crippen LogP contribution is -2.47. The van der Waals surface area contributed by atoms with Crippen molar-refractivity contribution in [3.8, 4) is 0 Å². The van der Waals surface area contributed by atoms with Crippen LogP contribution in [0.5, 0.6) is 0 Å². The highest BCUT2D eigenvalue weighted by Crippen LogP contribution is 2.27. The predicted molar refractivity (Wildman–Crippen MR) is 77.2 cm³/mol. The Morgan fingerprint density at radius 1 is 1.11 bits per heavy atom. The Kier molecular flexibility index (Phi) is 3.74. The van der Waals surface area contributed by atoms with Crippen LogP contribution < -0.4 is 4.90 Å². The number of rotatable bonds is 2. The van der Waals surface area contributed by atoms with Crippen LogP contribution >= 0.6 is 0 Å². The van der Waals surface area contributed by atoms with Crippen molar-refractivity contribution in [3.05, 3.63) is 29.6 Å². The maximum Gasteiger partial charge on any atom is 0.146 e. The number of hydrogen-bond donors (Lipinski definition) is 0. The molecule has 0 bridgehead atoms. The number of benzene rings is 1. The van der Waals surface area contributed by atoms with Crippen LogP contribution in [0.15, 0.2) is 18.2 Å². The molecule has 0 aliphatic carbocycles. The van der Waals surface area contributed by atoms with Gasteiger partial charge in [-0.05, 0) is 63.4 Å². The first-order valence-electron chi connectivity index (χ1n) is 7.49. The second kappa shape index (κ2) is 5.49. The van der Waals surface area contributed by atoms with Crippen LogP contribution in [-0.4, -0.2) is 37.1 Å². The zero-order chi connectivity index (χ0) is 13.2. The zero-order valence-corrected chi connectivity index (χ0v) is 11.7. The van der Waals surface area contributed by atoms with Crippen LogP contribution in [0.1, 0.15) is 31.2 Å². The molecule has 0 aromatic heterocycles. The van der Waals surface area contributed by atoms with Crippen molar-refractivity contribution < 1.29 is 4.39 Å². The van der Waals surface area contributed by atoms with Crippen molar-refractivity contribution in [1.82, 2.24) is 4.90 Å². The normalized spacial score (nSPS) is 24.9. The van der Waals surface area contributed by atoms with Crippen LogP contribution in [0.2, 0.25) is 0 Å². The lowest BCUT2D eigenvalue weighted by molar-refractivity contribution is 0.215. The Bertz CT molecular complexity index is 440. The number of anilines is 1. The van der Waals surface area contributed by atoms with E-state index in [1.807, 2.05) is 19.1 Å². The van der Waals surface area contributed by atoms with E-state index >= 15 is 0 Å². The summed E-state index contributed by atoms with van der Waals surface area (Å²) >= 11 is 0. The molecular weight excluding hydrogens is 239 g/mol. The summed E-state index contributed by atoms with van der Waals surface area (Å²) in [5.74, 6) is -0.0675. The SMILES string of the molecule is Cc1ccc(N2CCCC(N3CCCC3)C2)c(F)c1. The van der Waals surface area contributed by atoms with Crippen LogP contribution in [0.25, 0.3) is 0 Å². The van der Waals surface area contributed by atoms with E-state index in [-0.39, 0.29) is 5.82 Å². The first-order valence-corrected chi connectivity index (χ1v) is 7.49. The molecule has 19 heavy (non-hydrogen) atoms. The Morgan fingerprint density at radius 2 is 1.89 bits per heavy atom. The summed E-state index contributed by atoms with van der Waals surface area (Å²) in [5.41, 5.74) is 1.78. The van der Waals surface area contributed by atoms with Gasteiger partial charge in [-0.15, -0.1) is 0 Å². The van der Waals surface area contributed by atoms with E-state index < -0.39 is 0 Å². The Labute approximate surface area is 115 Å². The lowest BCUT2D eigenvalue weighted by atomic mass is 10.0. The van der Waals surface area contributed by atoms with E-state index in [0.29, 0.717) is 6.04 Å². The van der Waals surface area contributed by atoms with Gasteiger partial charge < -0.3 is 4.90 Å². The molecule has 104 valence electrons. The maximum atomic E-state index is 14.1. The summed E-state index contributed by atoms with van der Waals surface area (Å²) in [5, 5.41) is 0. The molecule has 0 radical (unpaired) electrons. The van der Waals surface area contributed by atoms with Gasteiger partial charge in [-0.3, -0.25) is 4.90 Å². The fraction of sp³-hybridized carbons (Fsp3) is 0.625. The second-order valence-electron chi connectivity index (χ2n) is 5.94. The van der Waals surface area contributed by atoms with Gasteiger partial charge in [-0.25, -0.2) is 4.39 Å². The van der Waals surface area contributed by atoms with Crippen LogP contribution in [-0.2, 0) is 0 Å². The average molecular weight is 262 g/mol. The Morgan fingerprint density at radius 3 is 2.63 bits per heavy atom. The number of nitrogens with zero attached hydrogens (tertiary/aromatic N) is 2. The summed E-state index contributed by atoms with van der Waals surface area (Å²) in [7, 11) is 0. The minimum atomic E-state index is -0.0675. The highest BCUT2D eigenvalue weighted by molar-refractivity contribution is 5.49. The van der Waals surface area contributed by atoms with Gasteiger partial charge in [-0.1, -0.05) is 6.07 Å². The molecule has 3 rings (SSSR count). The number of aryl methyl sites for hydroxylation is 1. The van der Waals surface area contributed by atoms with Crippen molar-refractivity contribution in [2.24, 2.45) is 0 Å². The molecule has 1 aromatic carbocycles. The van der Waals surface area contributed by atoms with Gasteiger partial charge in [0.1, 0.15) is 5.82 Å². The summed E-state index contributed by atoms with van der Waals surface area (Å²) < 4.78 is 14.1. The van der Waals surface area contributed by atoms with Crippen molar-refractivity contribution in [3.63, 3.8) is 0 Å². The third-order valence-corrected chi connectivity index (χ3v) is 4.50. The van der Waals surface area contributed by atoms with Crippen LogP contribution in [0, 0.1) is 12.7 Å². The molecule has 2 aliphatic rings. The van der Waals surface area contributed by atoms with Crippen molar-refractivity contribution >= 4 is 5.69 Å². The van der Waals surface area contributed by atoms with E-state index in [4.69, 9.17) is 0 Å². The molecule has 2 fully saturated rings. The minimum Gasteiger partial charge on any atom is -0.368 e. The standard InChI is InChI=1S/C16H23FN2/c1-13-6-7-16(15(17)11-13)19-10-4-5-14(12-19)18-8-2-3-9-18/h6-7,11,14H,2-5,8-10,12H2,1H3. The zero-order valence-electron chi connectivity index (χ0n) is 11.7. The smallest absolute Gasteiger partial charge is 0.146 e. The summed E-state index contributed by atoms with van der Waals surface area (Å²) in [6.07, 6.45) is 5.10. The molecule has 2 aliphatic heterocycles. The van der Waals surface area contributed by atoms with Gasteiger partial charge >= 0.3 is 0 Å². The first kappa shape index (κ1) is 12.9. The van der Waals surface area contributed by atoms with E-state index in [1.165, 1.54) is 38.8 Å². The molecule has 1 unspecified atom stereocenters. The van der Waals surface area contributed by atoms with Gasteiger partial charge in [0, 0.05) is 19.1 Å². The fourth-order valence-electron chi connectivity index (χ4n) is 3.45. The van der Waals surface area contributed by atoms with E-state index in [0.717, 1.165) is 24.3 Å². The molecule has 0 N–H and O–H groups in total. The summed E-state index contributed by atoms with van der Waals surface area (Å²) in [4.78, 5) is 4.83. The second-order valence-corrected chi connectivity index (χ2v) is 5.94.